The topological polar surface area (TPSA) is 87.0 Å². The van der Waals surface area contributed by atoms with Gasteiger partial charge in [-0.2, -0.15) is 0 Å². The van der Waals surface area contributed by atoms with Gasteiger partial charge in [0.15, 0.2) is 0 Å². The number of benzene rings is 3. The highest BCUT2D eigenvalue weighted by Crippen LogP contribution is 2.38. The summed E-state index contributed by atoms with van der Waals surface area (Å²) in [6.45, 7) is 0. The average Bonchev–Trinajstić information content (AvgIpc) is 2.52. The number of ether oxygens (including phenoxy) is 1. The third kappa shape index (κ3) is 2.40. The van der Waals surface area contributed by atoms with Crippen molar-refractivity contribution in [2.24, 2.45) is 0 Å². The highest BCUT2D eigenvalue weighted by molar-refractivity contribution is 6.03. The van der Waals surface area contributed by atoms with Gasteiger partial charge in [0.1, 0.15) is 28.6 Å². The van der Waals surface area contributed by atoms with Crippen LogP contribution < -0.4 is 4.74 Å². The Balaban J connectivity index is 2.21. The second kappa shape index (κ2) is 5.29. The number of carbonyl (C=O) groups is 1. The van der Waals surface area contributed by atoms with Crippen molar-refractivity contribution < 1.29 is 24.9 Å². The molecule has 0 heterocycles. The summed E-state index contributed by atoms with van der Waals surface area (Å²) in [5.41, 5.74) is -0.135. The number of hydrogen-bond donors (Lipinski definition) is 3. The molecule has 0 aliphatic heterocycles. The Morgan fingerprint density at radius 3 is 2.18 bits per heavy atom. The molecular weight excluding hydrogens is 284 g/mol. The van der Waals surface area contributed by atoms with E-state index in [9.17, 15) is 20.1 Å². The number of carboxylic acids is 1. The lowest BCUT2D eigenvalue weighted by Crippen LogP contribution is -2.01. The number of aromatic hydroxyl groups is 2. The molecule has 22 heavy (non-hydrogen) atoms. The first kappa shape index (κ1) is 13.8. The van der Waals surface area contributed by atoms with Gasteiger partial charge < -0.3 is 20.1 Å². The molecule has 3 rings (SSSR count). The van der Waals surface area contributed by atoms with Gasteiger partial charge in [0, 0.05) is 10.8 Å². The standard InChI is InChI=1S/C17H12O5/c18-10-5-7-11(8-6-10)22-16-13-4-2-1-3-12(13)15(19)9-14(16)17(20)21/h1-9,18-19H,(H,20,21). The second-order valence-corrected chi connectivity index (χ2v) is 4.72. The molecule has 0 fully saturated rings. The summed E-state index contributed by atoms with van der Waals surface area (Å²) >= 11 is 0. The van der Waals surface area contributed by atoms with E-state index in [0.29, 0.717) is 16.5 Å². The molecule has 0 saturated heterocycles. The highest BCUT2D eigenvalue weighted by Gasteiger charge is 2.18. The molecule has 0 radical (unpaired) electrons. The van der Waals surface area contributed by atoms with Crippen LogP contribution in [-0.2, 0) is 0 Å². The van der Waals surface area contributed by atoms with E-state index in [1.54, 1.807) is 24.3 Å². The normalized spacial score (nSPS) is 10.5. The zero-order valence-corrected chi connectivity index (χ0v) is 11.4. The van der Waals surface area contributed by atoms with Crippen molar-refractivity contribution in [1.82, 2.24) is 0 Å². The number of aromatic carboxylic acids is 1. The van der Waals surface area contributed by atoms with Gasteiger partial charge in [0.05, 0.1) is 0 Å². The van der Waals surface area contributed by atoms with E-state index >= 15 is 0 Å². The molecule has 5 heteroatoms. The summed E-state index contributed by atoms with van der Waals surface area (Å²) in [7, 11) is 0. The maximum atomic E-state index is 11.4. The predicted octanol–water partition coefficient (Wildman–Crippen LogP) is 3.74. The van der Waals surface area contributed by atoms with Crippen LogP contribution in [0.3, 0.4) is 0 Å². The number of carboxylic acid groups (broad SMARTS) is 1. The molecule has 0 aliphatic rings. The van der Waals surface area contributed by atoms with Crippen LogP contribution in [0, 0.1) is 0 Å². The monoisotopic (exact) mass is 296 g/mol. The third-order valence-electron chi connectivity index (χ3n) is 3.26. The van der Waals surface area contributed by atoms with Crippen molar-refractivity contribution in [3.63, 3.8) is 0 Å². The Hall–Kier alpha value is -3.21. The van der Waals surface area contributed by atoms with Crippen LogP contribution >= 0.6 is 0 Å². The van der Waals surface area contributed by atoms with Crippen LogP contribution in [0.5, 0.6) is 23.0 Å². The number of phenolic OH excluding ortho intramolecular Hbond substituents is 2. The highest BCUT2D eigenvalue weighted by atomic mass is 16.5. The van der Waals surface area contributed by atoms with E-state index in [1.165, 1.54) is 30.3 Å². The van der Waals surface area contributed by atoms with Crippen molar-refractivity contribution in [2.45, 2.75) is 0 Å². The zero-order chi connectivity index (χ0) is 15.7. The Labute approximate surface area is 125 Å². The van der Waals surface area contributed by atoms with Crippen LogP contribution in [0.4, 0.5) is 0 Å². The predicted molar refractivity (Wildman–Crippen MR) is 80.8 cm³/mol. The largest absolute Gasteiger partial charge is 0.508 e. The summed E-state index contributed by atoms with van der Waals surface area (Å²) in [5, 5.41) is 29.6. The number of fused-ring (bicyclic) bond motifs is 1. The van der Waals surface area contributed by atoms with Gasteiger partial charge in [0.25, 0.3) is 0 Å². The minimum absolute atomic E-state index is 0.0846. The molecule has 0 bridgehead atoms. The minimum Gasteiger partial charge on any atom is -0.508 e. The second-order valence-electron chi connectivity index (χ2n) is 4.72. The zero-order valence-electron chi connectivity index (χ0n) is 11.4. The van der Waals surface area contributed by atoms with Gasteiger partial charge >= 0.3 is 5.97 Å². The summed E-state index contributed by atoms with van der Waals surface area (Å²) in [6, 6.07) is 13.9. The Morgan fingerprint density at radius 1 is 0.909 bits per heavy atom. The lowest BCUT2D eigenvalue weighted by atomic mass is 10.0. The first-order valence-electron chi connectivity index (χ1n) is 6.51. The van der Waals surface area contributed by atoms with E-state index in [1.807, 2.05) is 0 Å². The van der Waals surface area contributed by atoms with Crippen molar-refractivity contribution in [2.75, 3.05) is 0 Å². The maximum absolute atomic E-state index is 11.4. The van der Waals surface area contributed by atoms with Gasteiger partial charge in [-0.05, 0) is 30.3 Å². The van der Waals surface area contributed by atoms with E-state index in [2.05, 4.69) is 0 Å². The molecule has 0 amide bonds. The van der Waals surface area contributed by atoms with Crippen LogP contribution in [0.15, 0.2) is 54.6 Å². The number of hydrogen-bond acceptors (Lipinski definition) is 4. The van der Waals surface area contributed by atoms with Gasteiger partial charge in [0.2, 0.25) is 0 Å². The molecular formula is C17H12O5. The van der Waals surface area contributed by atoms with Crippen molar-refractivity contribution in [3.05, 3.63) is 60.2 Å². The maximum Gasteiger partial charge on any atom is 0.339 e. The Bertz CT molecular complexity index is 853. The first-order chi connectivity index (χ1) is 10.6. The van der Waals surface area contributed by atoms with Crippen LogP contribution in [0.1, 0.15) is 10.4 Å². The molecule has 0 spiro atoms. The minimum atomic E-state index is -1.20. The van der Waals surface area contributed by atoms with Crippen LogP contribution in [0.2, 0.25) is 0 Å². The molecule has 3 N–H and O–H groups in total. The fourth-order valence-corrected chi connectivity index (χ4v) is 2.23. The fourth-order valence-electron chi connectivity index (χ4n) is 2.23. The van der Waals surface area contributed by atoms with E-state index in [4.69, 9.17) is 4.74 Å². The van der Waals surface area contributed by atoms with E-state index in [-0.39, 0.29) is 22.8 Å². The summed E-state index contributed by atoms with van der Waals surface area (Å²) in [5.74, 6) is -0.704. The lowest BCUT2D eigenvalue weighted by Gasteiger charge is -2.13. The molecule has 0 aliphatic carbocycles. The lowest BCUT2D eigenvalue weighted by molar-refractivity contribution is 0.0694. The Morgan fingerprint density at radius 2 is 1.55 bits per heavy atom. The molecule has 0 aromatic heterocycles. The number of phenols is 2. The summed E-state index contributed by atoms with van der Waals surface area (Å²) in [6.07, 6.45) is 0. The SMILES string of the molecule is O=C(O)c1cc(O)c2ccccc2c1Oc1ccc(O)cc1. The van der Waals surface area contributed by atoms with E-state index in [0.717, 1.165) is 0 Å². The fraction of sp³-hybridized carbons (Fsp3) is 0. The van der Waals surface area contributed by atoms with Crippen molar-refractivity contribution in [3.8, 4) is 23.0 Å². The quantitative estimate of drug-likeness (QED) is 0.685. The summed E-state index contributed by atoms with van der Waals surface area (Å²) < 4.78 is 5.69. The van der Waals surface area contributed by atoms with Crippen LogP contribution in [0.25, 0.3) is 10.8 Å². The molecule has 0 unspecified atom stereocenters. The first-order valence-corrected chi connectivity index (χ1v) is 6.51. The molecule has 0 saturated carbocycles. The van der Waals surface area contributed by atoms with Gasteiger partial charge in [-0.1, -0.05) is 24.3 Å². The molecule has 3 aromatic rings. The molecule has 5 nitrogen and oxygen atoms in total. The molecule has 110 valence electrons. The van der Waals surface area contributed by atoms with Crippen molar-refractivity contribution >= 4 is 16.7 Å². The molecule has 3 aromatic carbocycles. The van der Waals surface area contributed by atoms with Gasteiger partial charge in [-0.15, -0.1) is 0 Å². The Kier molecular flexibility index (Phi) is 3.31. The average molecular weight is 296 g/mol. The third-order valence-corrected chi connectivity index (χ3v) is 3.26. The summed E-state index contributed by atoms with van der Waals surface area (Å²) in [4.78, 5) is 11.4. The van der Waals surface area contributed by atoms with Gasteiger partial charge in [-0.3, -0.25) is 0 Å². The smallest absolute Gasteiger partial charge is 0.339 e. The van der Waals surface area contributed by atoms with E-state index < -0.39 is 5.97 Å². The van der Waals surface area contributed by atoms with Gasteiger partial charge in [-0.25, -0.2) is 4.79 Å². The van der Waals surface area contributed by atoms with Crippen LogP contribution in [-0.4, -0.2) is 21.3 Å². The number of rotatable bonds is 3. The van der Waals surface area contributed by atoms with Crippen molar-refractivity contribution in [1.29, 1.82) is 0 Å². The molecule has 0 atom stereocenters.